The molecule has 80 valence electrons. The van der Waals surface area contributed by atoms with Crippen LogP contribution in [0.25, 0.3) is 0 Å². The number of aryl methyl sites for hydroxylation is 1. The first kappa shape index (κ1) is 11.5. The summed E-state index contributed by atoms with van der Waals surface area (Å²) in [7, 11) is 0. The smallest absolute Gasteiger partial charge is 0.307 e. The maximum absolute atomic E-state index is 11.3. The second kappa shape index (κ2) is 5.32. The van der Waals surface area contributed by atoms with Gasteiger partial charge in [0.25, 0.3) is 0 Å². The molecule has 0 aromatic carbocycles. The molecule has 0 aliphatic rings. The lowest BCUT2D eigenvalue weighted by Gasteiger charge is -2.08. The van der Waals surface area contributed by atoms with Crippen molar-refractivity contribution in [3.63, 3.8) is 0 Å². The van der Waals surface area contributed by atoms with E-state index in [2.05, 4.69) is 19.2 Å². The van der Waals surface area contributed by atoms with Gasteiger partial charge in [0, 0.05) is 23.7 Å². The molecule has 1 N–H and O–H groups in total. The fourth-order valence-corrected chi connectivity index (χ4v) is 2.06. The highest BCUT2D eigenvalue weighted by Crippen LogP contribution is 2.00. The van der Waals surface area contributed by atoms with E-state index in [9.17, 15) is 4.79 Å². The van der Waals surface area contributed by atoms with Crippen molar-refractivity contribution in [3.05, 3.63) is 20.7 Å². The molecule has 0 saturated carbocycles. The molecule has 1 aromatic rings. The second-order valence-electron chi connectivity index (χ2n) is 3.76. The molecule has 1 heterocycles. The Hall–Kier alpha value is -0.610. The van der Waals surface area contributed by atoms with E-state index >= 15 is 0 Å². The van der Waals surface area contributed by atoms with Crippen LogP contribution in [0.5, 0.6) is 0 Å². The van der Waals surface area contributed by atoms with Crippen LogP contribution in [0.15, 0.2) is 10.2 Å². The van der Waals surface area contributed by atoms with E-state index in [1.54, 1.807) is 0 Å². The molecule has 0 unspecified atom stereocenters. The van der Waals surface area contributed by atoms with Gasteiger partial charge in [-0.15, -0.1) is 0 Å². The van der Waals surface area contributed by atoms with Gasteiger partial charge in [-0.05, 0) is 19.9 Å². The SMILES string of the molecule is Cc1csc(=O)n1CCCNC(C)C. The van der Waals surface area contributed by atoms with E-state index in [0.29, 0.717) is 6.04 Å². The Bertz CT molecular complexity index is 327. The van der Waals surface area contributed by atoms with Crippen molar-refractivity contribution < 1.29 is 0 Å². The summed E-state index contributed by atoms with van der Waals surface area (Å²) in [5.74, 6) is 0. The summed E-state index contributed by atoms with van der Waals surface area (Å²) >= 11 is 1.28. The van der Waals surface area contributed by atoms with Crippen molar-refractivity contribution in [1.29, 1.82) is 0 Å². The molecule has 0 radical (unpaired) electrons. The summed E-state index contributed by atoms with van der Waals surface area (Å²) in [6.45, 7) is 8.03. The quantitative estimate of drug-likeness (QED) is 0.756. The molecule has 0 spiro atoms. The van der Waals surface area contributed by atoms with Gasteiger partial charge >= 0.3 is 4.87 Å². The van der Waals surface area contributed by atoms with Crippen molar-refractivity contribution in [2.24, 2.45) is 0 Å². The highest BCUT2D eigenvalue weighted by atomic mass is 32.1. The van der Waals surface area contributed by atoms with Gasteiger partial charge in [-0.2, -0.15) is 0 Å². The Morgan fingerprint density at radius 1 is 1.57 bits per heavy atom. The summed E-state index contributed by atoms with van der Waals surface area (Å²) in [6.07, 6.45) is 1.01. The molecular formula is C10H18N2OS. The lowest BCUT2D eigenvalue weighted by molar-refractivity contribution is 0.529. The Morgan fingerprint density at radius 2 is 2.29 bits per heavy atom. The molecule has 0 aliphatic carbocycles. The summed E-state index contributed by atoms with van der Waals surface area (Å²) in [5, 5.41) is 5.25. The van der Waals surface area contributed by atoms with Gasteiger partial charge in [-0.25, -0.2) is 0 Å². The standard InChI is InChI=1S/C10H18N2OS/c1-8(2)11-5-4-6-12-9(3)7-14-10(12)13/h7-8,11H,4-6H2,1-3H3. The normalized spacial score (nSPS) is 11.1. The summed E-state index contributed by atoms with van der Waals surface area (Å²) in [4.78, 5) is 11.5. The number of nitrogens with zero attached hydrogens (tertiary/aromatic N) is 1. The third-order valence-corrected chi connectivity index (χ3v) is 2.97. The minimum Gasteiger partial charge on any atom is -0.314 e. The van der Waals surface area contributed by atoms with Gasteiger partial charge in [0.2, 0.25) is 0 Å². The molecule has 4 heteroatoms. The van der Waals surface area contributed by atoms with E-state index in [1.807, 2.05) is 16.9 Å². The molecule has 0 fully saturated rings. The first-order valence-corrected chi connectivity index (χ1v) is 5.87. The van der Waals surface area contributed by atoms with Gasteiger partial charge in [-0.3, -0.25) is 4.79 Å². The van der Waals surface area contributed by atoms with E-state index in [0.717, 1.165) is 25.2 Å². The topological polar surface area (TPSA) is 34.0 Å². The van der Waals surface area contributed by atoms with Crippen LogP contribution in [0, 0.1) is 6.92 Å². The first-order chi connectivity index (χ1) is 6.61. The largest absolute Gasteiger partial charge is 0.314 e. The van der Waals surface area contributed by atoms with Crippen LogP contribution < -0.4 is 10.2 Å². The zero-order valence-electron chi connectivity index (χ0n) is 9.04. The molecule has 1 rings (SSSR count). The van der Waals surface area contributed by atoms with Crippen LogP contribution in [0.1, 0.15) is 26.0 Å². The lowest BCUT2D eigenvalue weighted by atomic mass is 10.3. The van der Waals surface area contributed by atoms with E-state index in [4.69, 9.17) is 0 Å². The molecule has 0 saturated heterocycles. The third kappa shape index (κ3) is 3.27. The zero-order chi connectivity index (χ0) is 10.6. The number of hydrogen-bond acceptors (Lipinski definition) is 3. The highest BCUT2D eigenvalue weighted by Gasteiger charge is 2.01. The molecular weight excluding hydrogens is 196 g/mol. The van der Waals surface area contributed by atoms with Gasteiger partial charge in [0.05, 0.1) is 0 Å². The molecule has 3 nitrogen and oxygen atoms in total. The van der Waals surface area contributed by atoms with Crippen LogP contribution in [-0.2, 0) is 6.54 Å². The van der Waals surface area contributed by atoms with Crippen molar-refractivity contribution in [2.75, 3.05) is 6.54 Å². The average molecular weight is 214 g/mol. The monoisotopic (exact) mass is 214 g/mol. The van der Waals surface area contributed by atoms with Crippen LogP contribution in [0.2, 0.25) is 0 Å². The van der Waals surface area contributed by atoms with Crippen LogP contribution in [0.3, 0.4) is 0 Å². The summed E-state index contributed by atoms with van der Waals surface area (Å²) < 4.78 is 1.84. The first-order valence-electron chi connectivity index (χ1n) is 4.99. The number of aromatic nitrogens is 1. The fraction of sp³-hybridized carbons (Fsp3) is 0.700. The van der Waals surface area contributed by atoms with Crippen molar-refractivity contribution >= 4 is 11.3 Å². The van der Waals surface area contributed by atoms with Gasteiger partial charge in [-0.1, -0.05) is 25.2 Å². The van der Waals surface area contributed by atoms with E-state index in [-0.39, 0.29) is 4.87 Å². The van der Waals surface area contributed by atoms with Crippen LogP contribution in [-0.4, -0.2) is 17.2 Å². The third-order valence-electron chi connectivity index (χ3n) is 2.09. The van der Waals surface area contributed by atoms with Crippen LogP contribution in [0.4, 0.5) is 0 Å². The predicted octanol–water partition coefficient (Wildman–Crippen LogP) is 1.61. The van der Waals surface area contributed by atoms with Crippen molar-refractivity contribution in [3.8, 4) is 0 Å². The summed E-state index contributed by atoms with van der Waals surface area (Å²) in [6, 6.07) is 0.523. The molecule has 0 bridgehead atoms. The van der Waals surface area contributed by atoms with Gasteiger partial charge < -0.3 is 9.88 Å². The molecule has 0 aliphatic heterocycles. The number of thiazole rings is 1. The minimum atomic E-state index is 0.159. The Kier molecular flexibility index (Phi) is 4.35. The van der Waals surface area contributed by atoms with Crippen molar-refractivity contribution in [2.45, 2.75) is 39.8 Å². The second-order valence-corrected chi connectivity index (χ2v) is 4.58. The predicted molar refractivity (Wildman–Crippen MR) is 61.1 cm³/mol. The Labute approximate surface area is 88.8 Å². The maximum atomic E-state index is 11.3. The summed E-state index contributed by atoms with van der Waals surface area (Å²) in [5.41, 5.74) is 1.07. The van der Waals surface area contributed by atoms with Gasteiger partial charge in [0.1, 0.15) is 0 Å². The van der Waals surface area contributed by atoms with Crippen LogP contribution >= 0.6 is 11.3 Å². The number of hydrogen-bond donors (Lipinski definition) is 1. The number of nitrogens with one attached hydrogen (secondary N) is 1. The molecule has 0 atom stereocenters. The van der Waals surface area contributed by atoms with E-state index in [1.165, 1.54) is 11.3 Å². The Balaban J connectivity index is 2.35. The molecule has 0 amide bonds. The zero-order valence-corrected chi connectivity index (χ0v) is 9.86. The van der Waals surface area contributed by atoms with Crippen molar-refractivity contribution in [1.82, 2.24) is 9.88 Å². The lowest BCUT2D eigenvalue weighted by Crippen LogP contribution is -2.25. The maximum Gasteiger partial charge on any atom is 0.307 e. The number of rotatable bonds is 5. The molecule has 14 heavy (non-hydrogen) atoms. The average Bonchev–Trinajstić information content (AvgIpc) is 2.42. The highest BCUT2D eigenvalue weighted by molar-refractivity contribution is 7.07. The van der Waals surface area contributed by atoms with Gasteiger partial charge in [0.15, 0.2) is 0 Å². The van der Waals surface area contributed by atoms with E-state index < -0.39 is 0 Å². The molecule has 1 aromatic heterocycles. The minimum absolute atomic E-state index is 0.159. The fourth-order valence-electron chi connectivity index (χ4n) is 1.30. The Morgan fingerprint density at radius 3 is 2.79 bits per heavy atom.